The summed E-state index contributed by atoms with van der Waals surface area (Å²) in [6, 6.07) is 11.2. The van der Waals surface area contributed by atoms with Crippen LogP contribution in [0.1, 0.15) is 61.1 Å². The van der Waals surface area contributed by atoms with E-state index in [4.69, 9.17) is 0 Å². The van der Waals surface area contributed by atoms with Crippen LogP contribution in [0.2, 0.25) is 0 Å². The van der Waals surface area contributed by atoms with Gasteiger partial charge >= 0.3 is 0 Å². The van der Waals surface area contributed by atoms with Crippen molar-refractivity contribution in [2.24, 2.45) is 0 Å². The number of benzene rings is 1. The largest absolute Gasteiger partial charge is 0.357 e. The van der Waals surface area contributed by atoms with E-state index in [9.17, 15) is 4.79 Å². The van der Waals surface area contributed by atoms with Crippen molar-refractivity contribution in [1.29, 1.82) is 0 Å². The van der Waals surface area contributed by atoms with E-state index in [-0.39, 0.29) is 5.91 Å². The molecule has 4 nitrogen and oxygen atoms in total. The zero-order chi connectivity index (χ0) is 17.9. The maximum atomic E-state index is 12.7. The predicted octanol–water partition coefficient (Wildman–Crippen LogP) is 4.46. The summed E-state index contributed by atoms with van der Waals surface area (Å²) in [4.78, 5) is 20.4. The predicted molar refractivity (Wildman–Crippen MR) is 105 cm³/mol. The second kappa shape index (κ2) is 7.67. The first-order valence-electron chi connectivity index (χ1n) is 10.0. The van der Waals surface area contributed by atoms with Crippen molar-refractivity contribution in [3.05, 3.63) is 47.8 Å². The van der Waals surface area contributed by atoms with E-state index in [1.54, 1.807) is 0 Å². The average molecular weight is 351 g/mol. The minimum absolute atomic E-state index is 0.137. The van der Waals surface area contributed by atoms with E-state index >= 15 is 0 Å². The fraction of sp³-hybridized carbons (Fsp3) is 0.500. The van der Waals surface area contributed by atoms with Gasteiger partial charge in [0.25, 0.3) is 5.91 Å². The van der Waals surface area contributed by atoms with Gasteiger partial charge < -0.3 is 9.88 Å². The molecular formula is C22H29N3O. The molecule has 0 saturated carbocycles. The standard InChI is InChI=1S/C22H29N3O/c1-17(24-10-5-6-11-24)18-8-7-9-19(14-18)20-15-21(23-16-20)22(26)25-12-3-2-4-13-25/h7-9,14-17,23H,2-6,10-13H2,1H3/t17-/m0/s1. The van der Waals surface area contributed by atoms with Gasteiger partial charge in [-0.2, -0.15) is 0 Å². The van der Waals surface area contributed by atoms with E-state index in [0.717, 1.165) is 31.5 Å². The van der Waals surface area contributed by atoms with Crippen LogP contribution in [0, 0.1) is 0 Å². The molecule has 2 fully saturated rings. The van der Waals surface area contributed by atoms with E-state index in [1.807, 2.05) is 17.2 Å². The lowest BCUT2D eigenvalue weighted by molar-refractivity contribution is 0.0719. The third kappa shape index (κ3) is 3.56. The Morgan fingerprint density at radius 2 is 1.69 bits per heavy atom. The molecule has 2 aromatic rings. The Balaban J connectivity index is 1.52. The minimum Gasteiger partial charge on any atom is -0.357 e. The number of aromatic amines is 1. The maximum Gasteiger partial charge on any atom is 0.270 e. The molecule has 3 heterocycles. The molecule has 0 unspecified atom stereocenters. The van der Waals surface area contributed by atoms with Crippen molar-refractivity contribution in [2.75, 3.05) is 26.2 Å². The molecule has 0 aliphatic carbocycles. The average Bonchev–Trinajstić information content (AvgIpc) is 3.40. The second-order valence-corrected chi connectivity index (χ2v) is 7.70. The molecule has 0 bridgehead atoms. The fourth-order valence-corrected chi connectivity index (χ4v) is 4.27. The Morgan fingerprint density at radius 3 is 2.46 bits per heavy atom. The zero-order valence-electron chi connectivity index (χ0n) is 15.7. The number of hydrogen-bond acceptors (Lipinski definition) is 2. The lowest BCUT2D eigenvalue weighted by Gasteiger charge is -2.26. The third-order valence-electron chi connectivity index (χ3n) is 5.95. The summed E-state index contributed by atoms with van der Waals surface area (Å²) in [5.41, 5.74) is 4.35. The highest BCUT2D eigenvalue weighted by Crippen LogP contribution is 2.29. The number of piperidine rings is 1. The molecule has 2 aliphatic rings. The normalized spacial score (nSPS) is 19.7. The van der Waals surface area contributed by atoms with Crippen LogP contribution < -0.4 is 0 Å². The van der Waals surface area contributed by atoms with Gasteiger partial charge in [0, 0.05) is 25.3 Å². The summed E-state index contributed by atoms with van der Waals surface area (Å²) >= 11 is 0. The van der Waals surface area contributed by atoms with Crippen LogP contribution in [0.4, 0.5) is 0 Å². The summed E-state index contributed by atoms with van der Waals surface area (Å²) in [7, 11) is 0. The van der Waals surface area contributed by atoms with Crippen molar-refractivity contribution in [3.63, 3.8) is 0 Å². The van der Waals surface area contributed by atoms with Gasteiger partial charge in [0.05, 0.1) is 0 Å². The first kappa shape index (κ1) is 17.3. The van der Waals surface area contributed by atoms with E-state index in [1.165, 1.54) is 43.5 Å². The number of carbonyl (C=O) groups is 1. The minimum atomic E-state index is 0.137. The summed E-state index contributed by atoms with van der Waals surface area (Å²) < 4.78 is 0. The summed E-state index contributed by atoms with van der Waals surface area (Å²) in [6.07, 6.45) is 8.07. The summed E-state index contributed by atoms with van der Waals surface area (Å²) in [5.74, 6) is 0.137. The van der Waals surface area contributed by atoms with Gasteiger partial charge in [-0.15, -0.1) is 0 Å². The topological polar surface area (TPSA) is 39.3 Å². The number of likely N-dealkylation sites (tertiary alicyclic amines) is 2. The van der Waals surface area contributed by atoms with E-state index in [0.29, 0.717) is 11.7 Å². The quantitative estimate of drug-likeness (QED) is 0.883. The van der Waals surface area contributed by atoms with Crippen LogP contribution in [0.5, 0.6) is 0 Å². The smallest absolute Gasteiger partial charge is 0.270 e. The molecule has 4 rings (SSSR count). The molecule has 1 amide bonds. The Morgan fingerprint density at radius 1 is 0.962 bits per heavy atom. The van der Waals surface area contributed by atoms with Gasteiger partial charge in [-0.05, 0) is 80.9 Å². The fourth-order valence-electron chi connectivity index (χ4n) is 4.27. The lowest BCUT2D eigenvalue weighted by atomic mass is 10.0. The molecule has 4 heteroatoms. The summed E-state index contributed by atoms with van der Waals surface area (Å²) in [5, 5.41) is 0. The lowest BCUT2D eigenvalue weighted by Crippen LogP contribution is -2.35. The molecule has 1 atom stereocenters. The van der Waals surface area contributed by atoms with Crippen molar-refractivity contribution in [2.45, 2.75) is 45.1 Å². The highest BCUT2D eigenvalue weighted by Gasteiger charge is 2.21. The molecule has 0 spiro atoms. The third-order valence-corrected chi connectivity index (χ3v) is 5.95. The monoisotopic (exact) mass is 351 g/mol. The van der Waals surface area contributed by atoms with Gasteiger partial charge in [-0.1, -0.05) is 18.2 Å². The highest BCUT2D eigenvalue weighted by atomic mass is 16.2. The van der Waals surface area contributed by atoms with Crippen LogP contribution in [-0.4, -0.2) is 46.9 Å². The number of H-pyrrole nitrogens is 1. The molecule has 2 aliphatic heterocycles. The Kier molecular flexibility index (Phi) is 5.11. The van der Waals surface area contributed by atoms with Crippen molar-refractivity contribution >= 4 is 5.91 Å². The van der Waals surface area contributed by atoms with Gasteiger partial charge in [0.2, 0.25) is 0 Å². The Hall–Kier alpha value is -2.07. The first-order valence-corrected chi connectivity index (χ1v) is 10.0. The SMILES string of the molecule is C[C@@H](c1cccc(-c2c[nH]c(C(=O)N3CCCCC3)c2)c1)N1CCCC1. The van der Waals surface area contributed by atoms with Crippen LogP contribution in [-0.2, 0) is 0 Å². The van der Waals surface area contributed by atoms with Gasteiger partial charge in [-0.25, -0.2) is 0 Å². The van der Waals surface area contributed by atoms with Gasteiger partial charge in [0.15, 0.2) is 0 Å². The maximum absolute atomic E-state index is 12.7. The Bertz CT molecular complexity index is 754. The Labute approximate surface area is 156 Å². The van der Waals surface area contributed by atoms with Crippen molar-refractivity contribution in [3.8, 4) is 11.1 Å². The molecule has 1 aromatic heterocycles. The number of carbonyl (C=O) groups excluding carboxylic acids is 1. The van der Waals surface area contributed by atoms with Crippen LogP contribution >= 0.6 is 0 Å². The molecule has 26 heavy (non-hydrogen) atoms. The van der Waals surface area contributed by atoms with E-state index in [2.05, 4.69) is 41.1 Å². The number of amides is 1. The molecule has 0 radical (unpaired) electrons. The molecule has 138 valence electrons. The van der Waals surface area contributed by atoms with Crippen molar-refractivity contribution < 1.29 is 4.79 Å². The number of rotatable bonds is 4. The van der Waals surface area contributed by atoms with Gasteiger partial charge in [-0.3, -0.25) is 9.69 Å². The summed E-state index contributed by atoms with van der Waals surface area (Å²) in [6.45, 7) is 6.47. The molecular weight excluding hydrogens is 322 g/mol. The number of aromatic nitrogens is 1. The van der Waals surface area contributed by atoms with Crippen molar-refractivity contribution in [1.82, 2.24) is 14.8 Å². The molecule has 1 N–H and O–H groups in total. The number of hydrogen-bond donors (Lipinski definition) is 1. The van der Waals surface area contributed by atoms with E-state index < -0.39 is 0 Å². The van der Waals surface area contributed by atoms with Crippen LogP contribution in [0.15, 0.2) is 36.5 Å². The zero-order valence-corrected chi connectivity index (χ0v) is 15.7. The number of nitrogens with zero attached hydrogens (tertiary/aromatic N) is 2. The van der Waals surface area contributed by atoms with Crippen LogP contribution in [0.3, 0.4) is 0 Å². The van der Waals surface area contributed by atoms with Gasteiger partial charge in [0.1, 0.15) is 5.69 Å². The second-order valence-electron chi connectivity index (χ2n) is 7.70. The molecule has 2 saturated heterocycles. The highest BCUT2D eigenvalue weighted by molar-refractivity contribution is 5.94. The number of nitrogens with one attached hydrogen (secondary N) is 1. The molecule has 1 aromatic carbocycles. The first-order chi connectivity index (χ1) is 12.7. The van der Waals surface area contributed by atoms with Crippen LogP contribution in [0.25, 0.3) is 11.1 Å².